The van der Waals surface area contributed by atoms with E-state index in [4.69, 9.17) is 16.3 Å². The van der Waals surface area contributed by atoms with Gasteiger partial charge in [0.15, 0.2) is 0 Å². The molecular weight excluding hydrogens is 446 g/mol. The molecule has 2 aromatic carbocycles. The Bertz CT molecular complexity index is 1000. The standard InChI is InChI=1S/C20H24ClN3O6S/c1-31(28,29)23(19-14-17(24(26)27)9-10-18(19)21)12-5-8-20(25)22-11-13-30-15-16-6-3-2-4-7-16/h2-4,6-7,9-10,14H,5,8,11-13,15H2,1H3,(H,22,25). The minimum atomic E-state index is -3.76. The van der Waals surface area contributed by atoms with Gasteiger partial charge in [-0.3, -0.25) is 19.2 Å². The van der Waals surface area contributed by atoms with Gasteiger partial charge in [-0.05, 0) is 18.1 Å². The van der Waals surface area contributed by atoms with Crippen molar-refractivity contribution in [3.63, 3.8) is 0 Å². The number of benzene rings is 2. The van der Waals surface area contributed by atoms with Crippen molar-refractivity contribution in [2.24, 2.45) is 0 Å². The summed E-state index contributed by atoms with van der Waals surface area (Å²) in [7, 11) is -3.76. The van der Waals surface area contributed by atoms with E-state index in [-0.39, 0.29) is 41.7 Å². The van der Waals surface area contributed by atoms with Gasteiger partial charge in [-0.1, -0.05) is 41.9 Å². The first-order chi connectivity index (χ1) is 14.7. The largest absolute Gasteiger partial charge is 0.375 e. The molecule has 0 saturated heterocycles. The van der Waals surface area contributed by atoms with Crippen LogP contribution in [-0.2, 0) is 26.2 Å². The van der Waals surface area contributed by atoms with E-state index in [1.165, 1.54) is 12.1 Å². The fraction of sp³-hybridized carbons (Fsp3) is 0.350. The molecule has 0 saturated carbocycles. The number of nitrogens with one attached hydrogen (secondary N) is 1. The Morgan fingerprint density at radius 3 is 2.58 bits per heavy atom. The number of sulfonamides is 1. The van der Waals surface area contributed by atoms with Crippen LogP contribution < -0.4 is 9.62 Å². The molecular formula is C20H24ClN3O6S. The fourth-order valence-corrected chi connectivity index (χ4v) is 4.01. The van der Waals surface area contributed by atoms with E-state index in [2.05, 4.69) is 5.32 Å². The van der Waals surface area contributed by atoms with Gasteiger partial charge in [0.1, 0.15) is 0 Å². The van der Waals surface area contributed by atoms with E-state index in [0.29, 0.717) is 19.8 Å². The second-order valence-corrected chi connectivity index (χ2v) is 9.03. The topological polar surface area (TPSA) is 119 Å². The lowest BCUT2D eigenvalue weighted by Gasteiger charge is -2.23. The second kappa shape index (κ2) is 11.6. The third kappa shape index (κ3) is 8.16. The molecule has 0 aliphatic heterocycles. The first-order valence-corrected chi connectivity index (χ1v) is 11.7. The van der Waals surface area contributed by atoms with Crippen molar-refractivity contribution in [1.29, 1.82) is 0 Å². The average molecular weight is 470 g/mol. The number of hydrogen-bond acceptors (Lipinski definition) is 6. The van der Waals surface area contributed by atoms with E-state index in [9.17, 15) is 23.3 Å². The number of nitro groups is 1. The molecule has 1 N–H and O–H groups in total. The maximum absolute atomic E-state index is 12.2. The first kappa shape index (κ1) is 24.6. The lowest BCUT2D eigenvalue weighted by atomic mass is 10.2. The molecule has 0 spiro atoms. The zero-order chi connectivity index (χ0) is 22.9. The molecule has 1 amide bonds. The lowest BCUT2D eigenvalue weighted by molar-refractivity contribution is -0.384. The van der Waals surface area contributed by atoms with Crippen LogP contribution in [-0.4, -0.2) is 45.2 Å². The van der Waals surface area contributed by atoms with Gasteiger partial charge in [-0.2, -0.15) is 0 Å². The third-order valence-corrected chi connectivity index (χ3v) is 5.75. The number of carbonyl (C=O) groups excluding carboxylic acids is 1. The van der Waals surface area contributed by atoms with Gasteiger partial charge in [0.25, 0.3) is 5.69 Å². The van der Waals surface area contributed by atoms with Crippen LogP contribution in [0.1, 0.15) is 18.4 Å². The van der Waals surface area contributed by atoms with Gasteiger partial charge >= 0.3 is 0 Å². The van der Waals surface area contributed by atoms with Crippen LogP contribution in [0.5, 0.6) is 0 Å². The predicted molar refractivity (Wildman–Crippen MR) is 119 cm³/mol. The second-order valence-electron chi connectivity index (χ2n) is 6.72. The average Bonchev–Trinajstić information content (AvgIpc) is 2.71. The summed E-state index contributed by atoms with van der Waals surface area (Å²) < 4.78 is 30.8. The van der Waals surface area contributed by atoms with E-state index in [1.54, 1.807) is 0 Å². The highest BCUT2D eigenvalue weighted by atomic mass is 35.5. The van der Waals surface area contributed by atoms with Crippen LogP contribution in [0.3, 0.4) is 0 Å². The van der Waals surface area contributed by atoms with Crippen LogP contribution >= 0.6 is 11.6 Å². The van der Waals surface area contributed by atoms with Crippen LogP contribution in [0.2, 0.25) is 5.02 Å². The van der Waals surface area contributed by atoms with Crippen molar-refractivity contribution < 1.29 is 22.9 Å². The molecule has 11 heteroatoms. The summed E-state index contributed by atoms with van der Waals surface area (Å²) in [6.07, 6.45) is 1.27. The normalized spacial score (nSPS) is 11.2. The zero-order valence-electron chi connectivity index (χ0n) is 17.0. The molecule has 0 aliphatic carbocycles. The number of anilines is 1. The fourth-order valence-electron chi connectivity index (χ4n) is 2.77. The summed E-state index contributed by atoms with van der Waals surface area (Å²) >= 11 is 6.06. The van der Waals surface area contributed by atoms with E-state index < -0.39 is 14.9 Å². The van der Waals surface area contributed by atoms with Crippen LogP contribution in [0.15, 0.2) is 48.5 Å². The molecule has 0 heterocycles. The molecule has 9 nitrogen and oxygen atoms in total. The minimum absolute atomic E-state index is 0.00749. The number of nitrogens with zero attached hydrogens (tertiary/aromatic N) is 2. The number of non-ortho nitro benzene ring substituents is 1. The SMILES string of the molecule is CS(=O)(=O)N(CCCC(=O)NCCOCc1ccccc1)c1cc([N+](=O)[O-])ccc1Cl. The lowest BCUT2D eigenvalue weighted by Crippen LogP contribution is -2.33. The van der Waals surface area contributed by atoms with Crippen LogP contribution in [0, 0.1) is 10.1 Å². The van der Waals surface area contributed by atoms with Gasteiger partial charge in [-0.25, -0.2) is 8.42 Å². The molecule has 0 bridgehead atoms. The number of hydrogen-bond donors (Lipinski definition) is 1. The number of rotatable bonds is 12. The molecule has 2 rings (SSSR count). The van der Waals surface area contributed by atoms with Crippen molar-refractivity contribution in [2.75, 3.05) is 30.3 Å². The van der Waals surface area contributed by atoms with Crippen molar-refractivity contribution in [2.45, 2.75) is 19.4 Å². The quantitative estimate of drug-likeness (QED) is 0.290. The molecule has 168 valence electrons. The van der Waals surface area contributed by atoms with Gasteiger partial charge in [0.05, 0.1) is 35.1 Å². The monoisotopic (exact) mass is 469 g/mol. The summed E-state index contributed by atoms with van der Waals surface area (Å²) in [5.74, 6) is -0.248. The smallest absolute Gasteiger partial charge is 0.271 e. The molecule has 31 heavy (non-hydrogen) atoms. The Labute approximate surface area is 186 Å². The Balaban J connectivity index is 1.82. The van der Waals surface area contributed by atoms with Crippen molar-refractivity contribution in [3.8, 4) is 0 Å². The van der Waals surface area contributed by atoms with E-state index in [0.717, 1.165) is 22.2 Å². The highest BCUT2D eigenvalue weighted by Gasteiger charge is 2.22. The van der Waals surface area contributed by atoms with Gasteiger partial charge < -0.3 is 10.1 Å². The molecule has 0 fully saturated rings. The van der Waals surface area contributed by atoms with E-state index >= 15 is 0 Å². The molecule has 0 aliphatic rings. The van der Waals surface area contributed by atoms with Gasteiger partial charge in [0.2, 0.25) is 15.9 Å². The predicted octanol–water partition coefficient (Wildman–Crippen LogP) is 3.13. The number of carbonyl (C=O) groups is 1. The maximum atomic E-state index is 12.2. The van der Waals surface area contributed by atoms with Crippen molar-refractivity contribution in [1.82, 2.24) is 5.32 Å². The maximum Gasteiger partial charge on any atom is 0.271 e. The molecule has 2 aromatic rings. The molecule has 0 atom stereocenters. The van der Waals surface area contributed by atoms with Crippen molar-refractivity contribution in [3.05, 3.63) is 69.2 Å². The Morgan fingerprint density at radius 1 is 1.23 bits per heavy atom. The number of ether oxygens (including phenoxy) is 1. The summed E-state index contributed by atoms with van der Waals surface area (Å²) in [5.41, 5.74) is 0.767. The van der Waals surface area contributed by atoms with Gasteiger partial charge in [-0.15, -0.1) is 0 Å². The summed E-state index contributed by atoms with van der Waals surface area (Å²) in [6.45, 7) is 1.08. The van der Waals surface area contributed by atoms with E-state index in [1.807, 2.05) is 30.3 Å². The summed E-state index contributed by atoms with van der Waals surface area (Å²) in [6, 6.07) is 13.2. The number of amides is 1. The Morgan fingerprint density at radius 2 is 1.94 bits per heavy atom. The molecule has 0 unspecified atom stereocenters. The highest BCUT2D eigenvalue weighted by molar-refractivity contribution is 7.92. The Hall–Kier alpha value is -2.69. The molecule has 0 aromatic heterocycles. The third-order valence-electron chi connectivity index (χ3n) is 4.25. The summed E-state index contributed by atoms with van der Waals surface area (Å²) in [5, 5.41) is 13.8. The highest BCUT2D eigenvalue weighted by Crippen LogP contribution is 2.31. The molecule has 0 radical (unpaired) electrons. The van der Waals surface area contributed by atoms with Crippen molar-refractivity contribution >= 4 is 38.9 Å². The number of nitro benzene ring substituents is 1. The van der Waals surface area contributed by atoms with Crippen LogP contribution in [0.4, 0.5) is 11.4 Å². The van der Waals surface area contributed by atoms with Gasteiger partial charge in [0, 0.05) is 31.6 Å². The summed E-state index contributed by atoms with van der Waals surface area (Å²) in [4.78, 5) is 22.4. The zero-order valence-corrected chi connectivity index (χ0v) is 18.6. The Kier molecular flexibility index (Phi) is 9.22. The first-order valence-electron chi connectivity index (χ1n) is 9.48. The van der Waals surface area contributed by atoms with Crippen LogP contribution in [0.25, 0.3) is 0 Å². The number of halogens is 1. The minimum Gasteiger partial charge on any atom is -0.375 e.